The molecule has 4 nitrogen and oxygen atoms in total. The van der Waals surface area contributed by atoms with Crippen LogP contribution in [0.3, 0.4) is 0 Å². The average molecular weight is 329 g/mol. The van der Waals surface area contributed by atoms with Gasteiger partial charge in [0.25, 0.3) is 0 Å². The molecule has 0 saturated heterocycles. The maximum atomic E-state index is 13.5. The van der Waals surface area contributed by atoms with Gasteiger partial charge in [0.1, 0.15) is 5.82 Å². The number of halogens is 2. The van der Waals surface area contributed by atoms with E-state index in [4.69, 9.17) is 16.7 Å². The average Bonchev–Trinajstić information content (AvgIpc) is 2.38. The lowest BCUT2D eigenvalue weighted by Gasteiger charge is -2.06. The van der Waals surface area contributed by atoms with Gasteiger partial charge in [-0.15, -0.1) is 0 Å². The second-order valence-electron chi connectivity index (χ2n) is 4.33. The predicted octanol–water partition coefficient (Wildman–Crippen LogP) is 3.15. The zero-order chi connectivity index (χ0) is 15.6. The summed E-state index contributed by atoms with van der Waals surface area (Å²) in [5.41, 5.74) is -0.324. The molecule has 0 aliphatic heterocycles. The summed E-state index contributed by atoms with van der Waals surface area (Å²) < 4.78 is 37.9. The summed E-state index contributed by atoms with van der Waals surface area (Å²) in [5, 5.41) is 9.13. The van der Waals surface area contributed by atoms with Crippen molar-refractivity contribution >= 4 is 27.4 Å². The maximum Gasteiger partial charge on any atom is 0.338 e. The largest absolute Gasteiger partial charge is 0.478 e. The Hall–Kier alpha value is -1.92. The van der Waals surface area contributed by atoms with Gasteiger partial charge < -0.3 is 5.11 Å². The molecule has 110 valence electrons. The van der Waals surface area contributed by atoms with Gasteiger partial charge in [-0.2, -0.15) is 0 Å². The first kappa shape index (κ1) is 15.5. The van der Waals surface area contributed by atoms with Gasteiger partial charge in [0, 0.05) is 5.02 Å². The zero-order valence-electron chi connectivity index (χ0n) is 10.6. The minimum absolute atomic E-state index is 0.0645. The Kier molecular flexibility index (Phi) is 4.29. The van der Waals surface area contributed by atoms with Crippen molar-refractivity contribution in [3.8, 4) is 0 Å². The highest BCUT2D eigenvalue weighted by molar-refractivity contribution is 7.90. The van der Waals surface area contributed by atoms with Crippen LogP contribution in [0.25, 0.3) is 0 Å². The molecule has 0 atom stereocenters. The van der Waals surface area contributed by atoms with E-state index in [1.54, 1.807) is 0 Å². The molecule has 0 bridgehead atoms. The fourth-order valence-corrected chi connectivity index (χ4v) is 3.23. The summed E-state index contributed by atoms with van der Waals surface area (Å²) in [5.74, 6) is -2.79. The van der Waals surface area contributed by atoms with Crippen LogP contribution in [0.15, 0.2) is 47.4 Å². The van der Waals surface area contributed by atoms with Gasteiger partial charge in [-0.3, -0.25) is 0 Å². The number of aromatic carboxylic acids is 1. The van der Waals surface area contributed by atoms with E-state index in [2.05, 4.69) is 0 Å². The van der Waals surface area contributed by atoms with Crippen molar-refractivity contribution in [2.24, 2.45) is 0 Å². The Labute approximate surface area is 125 Å². The van der Waals surface area contributed by atoms with E-state index in [9.17, 15) is 17.6 Å². The van der Waals surface area contributed by atoms with Crippen LogP contribution in [0.4, 0.5) is 4.39 Å². The van der Waals surface area contributed by atoms with Crippen molar-refractivity contribution in [1.29, 1.82) is 0 Å². The van der Waals surface area contributed by atoms with Crippen molar-refractivity contribution in [2.45, 2.75) is 10.6 Å². The van der Waals surface area contributed by atoms with Crippen molar-refractivity contribution < 1.29 is 22.7 Å². The minimum Gasteiger partial charge on any atom is -0.478 e. The molecule has 2 rings (SSSR count). The van der Waals surface area contributed by atoms with E-state index >= 15 is 0 Å². The molecule has 0 radical (unpaired) electrons. The maximum absolute atomic E-state index is 13.5. The molecule has 0 unspecified atom stereocenters. The standard InChI is InChI=1S/C14H10ClFO4S/c15-10-2-4-11(5-3-10)21(19,20)8-9-1-6-12(14(17)18)13(16)7-9/h1-7H,8H2,(H,17,18). The third-order valence-electron chi connectivity index (χ3n) is 2.79. The Morgan fingerprint density at radius 1 is 1.14 bits per heavy atom. The third-order valence-corrected chi connectivity index (χ3v) is 4.75. The quantitative estimate of drug-likeness (QED) is 0.935. The van der Waals surface area contributed by atoms with Crippen LogP contribution in [-0.4, -0.2) is 19.5 Å². The van der Waals surface area contributed by atoms with Crippen molar-refractivity contribution in [3.63, 3.8) is 0 Å². The van der Waals surface area contributed by atoms with E-state index < -0.39 is 32.9 Å². The number of carboxylic acids is 1. The lowest BCUT2D eigenvalue weighted by atomic mass is 10.1. The van der Waals surface area contributed by atoms with Crippen molar-refractivity contribution in [2.75, 3.05) is 0 Å². The number of carbonyl (C=O) groups is 1. The van der Waals surface area contributed by atoms with Crippen LogP contribution in [-0.2, 0) is 15.6 Å². The lowest BCUT2D eigenvalue weighted by molar-refractivity contribution is 0.0692. The van der Waals surface area contributed by atoms with Crippen LogP contribution in [0.5, 0.6) is 0 Å². The number of hydrogen-bond acceptors (Lipinski definition) is 3. The SMILES string of the molecule is O=C(O)c1ccc(CS(=O)(=O)c2ccc(Cl)cc2)cc1F. The fourth-order valence-electron chi connectivity index (χ4n) is 1.77. The van der Waals surface area contributed by atoms with E-state index in [0.29, 0.717) is 5.02 Å². The molecule has 0 heterocycles. The number of hydrogen-bond donors (Lipinski definition) is 1. The summed E-state index contributed by atoms with van der Waals surface area (Å²) >= 11 is 5.69. The van der Waals surface area contributed by atoms with Gasteiger partial charge >= 0.3 is 5.97 Å². The van der Waals surface area contributed by atoms with Crippen LogP contribution < -0.4 is 0 Å². The first-order valence-corrected chi connectivity index (χ1v) is 7.83. The summed E-state index contributed by atoms with van der Waals surface area (Å²) in [6, 6.07) is 8.85. The first-order valence-electron chi connectivity index (χ1n) is 5.79. The highest BCUT2D eigenvalue weighted by Crippen LogP contribution is 2.20. The lowest BCUT2D eigenvalue weighted by Crippen LogP contribution is -2.07. The van der Waals surface area contributed by atoms with Crippen molar-refractivity contribution in [3.05, 3.63) is 64.4 Å². The topological polar surface area (TPSA) is 71.4 Å². The van der Waals surface area contributed by atoms with Crippen LogP contribution in [0.2, 0.25) is 5.02 Å². The van der Waals surface area contributed by atoms with Gasteiger partial charge in [-0.1, -0.05) is 17.7 Å². The van der Waals surface area contributed by atoms with E-state index in [1.165, 1.54) is 30.3 Å². The molecule has 7 heteroatoms. The number of benzene rings is 2. The summed E-state index contributed by atoms with van der Waals surface area (Å²) in [6.07, 6.45) is 0. The predicted molar refractivity (Wildman–Crippen MR) is 75.7 cm³/mol. The number of sulfone groups is 1. The first-order chi connectivity index (χ1) is 9.79. The molecule has 21 heavy (non-hydrogen) atoms. The monoisotopic (exact) mass is 328 g/mol. The molecule has 0 spiro atoms. The molecule has 0 fully saturated rings. The second kappa shape index (κ2) is 5.83. The summed E-state index contributed by atoms with van der Waals surface area (Å²) in [4.78, 5) is 10.8. The highest BCUT2D eigenvalue weighted by atomic mass is 35.5. The van der Waals surface area contributed by atoms with E-state index in [0.717, 1.165) is 12.1 Å². The van der Waals surface area contributed by atoms with Gasteiger partial charge in [-0.25, -0.2) is 17.6 Å². The Morgan fingerprint density at radius 3 is 2.29 bits per heavy atom. The fraction of sp³-hybridized carbons (Fsp3) is 0.0714. The normalized spacial score (nSPS) is 11.3. The molecule has 2 aromatic carbocycles. The van der Waals surface area contributed by atoms with Gasteiger partial charge in [0.05, 0.1) is 16.2 Å². The number of rotatable bonds is 4. The summed E-state index contributed by atoms with van der Waals surface area (Å²) in [7, 11) is -3.65. The Balaban J connectivity index is 2.31. The minimum atomic E-state index is -3.65. The van der Waals surface area contributed by atoms with E-state index in [1.807, 2.05) is 0 Å². The molecule has 0 amide bonds. The van der Waals surface area contributed by atoms with Crippen LogP contribution in [0, 0.1) is 5.82 Å². The Bertz CT molecular complexity index is 785. The smallest absolute Gasteiger partial charge is 0.338 e. The third kappa shape index (κ3) is 3.59. The molecular weight excluding hydrogens is 319 g/mol. The van der Waals surface area contributed by atoms with Gasteiger partial charge in [-0.05, 0) is 42.0 Å². The van der Waals surface area contributed by atoms with Gasteiger partial charge in [0.15, 0.2) is 9.84 Å². The van der Waals surface area contributed by atoms with Crippen LogP contribution >= 0.6 is 11.6 Å². The highest BCUT2D eigenvalue weighted by Gasteiger charge is 2.17. The second-order valence-corrected chi connectivity index (χ2v) is 6.76. The molecule has 0 aliphatic carbocycles. The molecule has 0 saturated carbocycles. The zero-order valence-corrected chi connectivity index (χ0v) is 12.2. The van der Waals surface area contributed by atoms with Crippen molar-refractivity contribution in [1.82, 2.24) is 0 Å². The molecule has 2 aromatic rings. The van der Waals surface area contributed by atoms with Crippen LogP contribution in [0.1, 0.15) is 15.9 Å². The van der Waals surface area contributed by atoms with E-state index in [-0.39, 0.29) is 10.5 Å². The molecule has 1 N–H and O–H groups in total. The molecule has 0 aliphatic rings. The summed E-state index contributed by atoms with van der Waals surface area (Å²) in [6.45, 7) is 0. The number of carboxylic acid groups (broad SMARTS) is 1. The van der Waals surface area contributed by atoms with Gasteiger partial charge in [0.2, 0.25) is 0 Å². The Morgan fingerprint density at radius 2 is 1.76 bits per heavy atom. The molecular formula is C14H10ClFO4S. The molecule has 0 aromatic heterocycles.